The Morgan fingerprint density at radius 3 is 1.77 bits per heavy atom. The molecule has 31 heavy (non-hydrogen) atoms. The first kappa shape index (κ1) is 26.0. The van der Waals surface area contributed by atoms with E-state index in [4.69, 9.17) is 14.6 Å². The van der Waals surface area contributed by atoms with Crippen LogP contribution in [-0.2, 0) is 9.47 Å². The molecule has 7 nitrogen and oxygen atoms in total. The fraction of sp³-hybridized carbons (Fsp3) is 0.364. The summed E-state index contributed by atoms with van der Waals surface area (Å²) in [7, 11) is 0. The first-order valence-corrected chi connectivity index (χ1v) is 12.0. The van der Waals surface area contributed by atoms with Crippen LogP contribution >= 0.6 is 45.2 Å². The van der Waals surface area contributed by atoms with Gasteiger partial charge in [-0.05, 0) is 81.6 Å². The van der Waals surface area contributed by atoms with Crippen LogP contribution in [0, 0.1) is 7.14 Å². The minimum atomic E-state index is -0.876. The zero-order valence-electron chi connectivity index (χ0n) is 17.1. The summed E-state index contributed by atoms with van der Waals surface area (Å²) in [6, 6.07) is 14.5. The Balaban J connectivity index is 0.000000183. The highest BCUT2D eigenvalue weighted by Crippen LogP contribution is 2.11. The molecule has 2 aliphatic heterocycles. The van der Waals surface area contributed by atoms with E-state index in [2.05, 4.69) is 50.5 Å². The van der Waals surface area contributed by atoms with Crippen molar-refractivity contribution in [3.05, 3.63) is 66.8 Å². The molecule has 2 N–H and O–H groups in total. The normalized spacial score (nSPS) is 15.6. The SMILES string of the molecule is C1COCCN1.O=C(O)c1cccc(I)c1.O=C(c1cccc(I)c1)N1CCOCC1. The number of carboxylic acid groups (broad SMARTS) is 1. The van der Waals surface area contributed by atoms with Gasteiger partial charge in [0.05, 0.1) is 32.0 Å². The van der Waals surface area contributed by atoms with Crippen LogP contribution < -0.4 is 5.32 Å². The van der Waals surface area contributed by atoms with Crippen LogP contribution in [0.1, 0.15) is 20.7 Å². The van der Waals surface area contributed by atoms with E-state index in [0.717, 1.165) is 39.0 Å². The van der Waals surface area contributed by atoms with E-state index in [0.29, 0.717) is 31.9 Å². The van der Waals surface area contributed by atoms with Crippen LogP contribution in [0.2, 0.25) is 0 Å². The molecule has 4 rings (SSSR count). The number of benzene rings is 2. The van der Waals surface area contributed by atoms with Crippen molar-refractivity contribution >= 4 is 57.1 Å². The molecule has 0 unspecified atom stereocenters. The molecule has 1 amide bonds. The third-order valence-electron chi connectivity index (χ3n) is 4.29. The van der Waals surface area contributed by atoms with E-state index in [1.54, 1.807) is 18.2 Å². The Morgan fingerprint density at radius 2 is 1.35 bits per heavy atom. The number of nitrogens with one attached hydrogen (secondary N) is 1. The molecular formula is C22H26I2N2O5. The van der Waals surface area contributed by atoms with Gasteiger partial charge in [0.15, 0.2) is 0 Å². The zero-order valence-corrected chi connectivity index (χ0v) is 21.4. The number of amides is 1. The van der Waals surface area contributed by atoms with Crippen molar-refractivity contribution in [3.8, 4) is 0 Å². The number of carbonyl (C=O) groups is 2. The molecule has 2 aromatic rings. The van der Waals surface area contributed by atoms with E-state index in [9.17, 15) is 9.59 Å². The smallest absolute Gasteiger partial charge is 0.335 e. The minimum Gasteiger partial charge on any atom is -0.478 e. The number of rotatable bonds is 2. The number of carbonyl (C=O) groups excluding carboxylic acids is 1. The number of carboxylic acids is 1. The Morgan fingerprint density at radius 1 is 0.839 bits per heavy atom. The van der Waals surface area contributed by atoms with Crippen molar-refractivity contribution in [3.63, 3.8) is 0 Å². The van der Waals surface area contributed by atoms with Gasteiger partial charge in [0.2, 0.25) is 0 Å². The lowest BCUT2D eigenvalue weighted by Crippen LogP contribution is -2.40. The van der Waals surface area contributed by atoms with Crippen LogP contribution in [0.3, 0.4) is 0 Å². The van der Waals surface area contributed by atoms with E-state index < -0.39 is 5.97 Å². The van der Waals surface area contributed by atoms with Gasteiger partial charge < -0.3 is 24.8 Å². The van der Waals surface area contributed by atoms with Gasteiger partial charge >= 0.3 is 5.97 Å². The third-order valence-corrected chi connectivity index (χ3v) is 5.63. The number of nitrogens with zero attached hydrogens (tertiary/aromatic N) is 1. The van der Waals surface area contributed by atoms with Crippen molar-refractivity contribution in [1.82, 2.24) is 10.2 Å². The van der Waals surface area contributed by atoms with Crippen LogP contribution in [0.5, 0.6) is 0 Å². The molecule has 2 aromatic carbocycles. The van der Waals surface area contributed by atoms with E-state index >= 15 is 0 Å². The summed E-state index contributed by atoms with van der Waals surface area (Å²) >= 11 is 4.29. The molecule has 0 aliphatic carbocycles. The minimum absolute atomic E-state index is 0.108. The Hall–Kier alpha value is -1.28. The summed E-state index contributed by atoms with van der Waals surface area (Å²) in [5, 5.41) is 11.7. The van der Waals surface area contributed by atoms with Crippen molar-refractivity contribution < 1.29 is 24.2 Å². The first-order valence-electron chi connectivity index (χ1n) is 9.87. The second kappa shape index (κ2) is 14.7. The van der Waals surface area contributed by atoms with Crippen LogP contribution in [0.4, 0.5) is 0 Å². The summed E-state index contributed by atoms with van der Waals surface area (Å²) in [6.45, 7) is 6.53. The molecule has 2 heterocycles. The average molecular weight is 652 g/mol. The fourth-order valence-corrected chi connectivity index (χ4v) is 3.79. The van der Waals surface area contributed by atoms with Gasteiger partial charge in [-0.3, -0.25) is 4.79 Å². The molecule has 2 saturated heterocycles. The third kappa shape index (κ3) is 10.3. The molecule has 0 radical (unpaired) electrons. The maximum absolute atomic E-state index is 12.0. The standard InChI is InChI=1S/C11H12INO2.C7H5IO2.C4H9NO/c12-10-3-1-2-9(8-10)11(14)13-4-6-15-7-5-13;8-6-3-1-2-5(4-6)7(9)10;1-3-6-4-2-5-1/h1-3,8H,4-7H2;1-4H,(H,9,10);5H,1-4H2. The summed E-state index contributed by atoms with van der Waals surface area (Å²) in [6.07, 6.45) is 0. The lowest BCUT2D eigenvalue weighted by molar-refractivity contribution is 0.0303. The molecule has 168 valence electrons. The first-order chi connectivity index (χ1) is 15.0. The van der Waals surface area contributed by atoms with Gasteiger partial charge in [0.1, 0.15) is 0 Å². The number of hydrogen-bond acceptors (Lipinski definition) is 5. The predicted molar refractivity (Wildman–Crippen MR) is 136 cm³/mol. The maximum atomic E-state index is 12.0. The van der Waals surface area contributed by atoms with Crippen molar-refractivity contribution in [2.24, 2.45) is 0 Å². The van der Waals surface area contributed by atoms with E-state index in [1.807, 2.05) is 35.2 Å². The van der Waals surface area contributed by atoms with Crippen molar-refractivity contribution in [2.45, 2.75) is 0 Å². The predicted octanol–water partition coefficient (Wildman–Crippen LogP) is 3.36. The molecule has 0 bridgehead atoms. The second-order valence-corrected chi connectivity index (χ2v) is 9.08. The van der Waals surface area contributed by atoms with E-state index in [-0.39, 0.29) is 5.91 Å². The molecule has 9 heteroatoms. The van der Waals surface area contributed by atoms with Crippen LogP contribution in [-0.4, -0.2) is 74.5 Å². The Kier molecular flexibility index (Phi) is 12.3. The number of morpholine rings is 2. The highest BCUT2D eigenvalue weighted by molar-refractivity contribution is 14.1. The topological polar surface area (TPSA) is 88.1 Å². The summed E-state index contributed by atoms with van der Waals surface area (Å²) < 4.78 is 12.3. The van der Waals surface area contributed by atoms with Gasteiger partial charge in [-0.25, -0.2) is 4.79 Å². The highest BCUT2D eigenvalue weighted by Gasteiger charge is 2.18. The largest absolute Gasteiger partial charge is 0.478 e. The summed E-state index contributed by atoms with van der Waals surface area (Å²) in [5.41, 5.74) is 1.11. The average Bonchev–Trinajstić information content (AvgIpc) is 2.81. The van der Waals surface area contributed by atoms with Gasteiger partial charge in [-0.1, -0.05) is 12.1 Å². The quantitative estimate of drug-likeness (QED) is 0.485. The van der Waals surface area contributed by atoms with Gasteiger partial charge in [-0.2, -0.15) is 0 Å². The fourth-order valence-electron chi connectivity index (χ4n) is 2.71. The molecule has 0 saturated carbocycles. The molecule has 0 atom stereocenters. The Labute approximate surface area is 209 Å². The van der Waals surface area contributed by atoms with Crippen molar-refractivity contribution in [2.75, 3.05) is 52.6 Å². The van der Waals surface area contributed by atoms with Gasteiger partial charge in [-0.15, -0.1) is 0 Å². The van der Waals surface area contributed by atoms with Gasteiger partial charge in [0, 0.05) is 38.9 Å². The monoisotopic (exact) mass is 652 g/mol. The van der Waals surface area contributed by atoms with Gasteiger partial charge in [0.25, 0.3) is 5.91 Å². The molecule has 2 aliphatic rings. The lowest BCUT2D eigenvalue weighted by atomic mass is 10.2. The van der Waals surface area contributed by atoms with Crippen molar-refractivity contribution in [1.29, 1.82) is 0 Å². The summed E-state index contributed by atoms with van der Waals surface area (Å²) in [5.74, 6) is -0.768. The molecule has 0 aromatic heterocycles. The number of aromatic carboxylic acids is 1. The van der Waals surface area contributed by atoms with Crippen LogP contribution in [0.15, 0.2) is 48.5 Å². The second-order valence-electron chi connectivity index (χ2n) is 6.59. The lowest BCUT2D eigenvalue weighted by Gasteiger charge is -2.26. The highest BCUT2D eigenvalue weighted by atomic mass is 127. The van der Waals surface area contributed by atoms with Crippen LogP contribution in [0.25, 0.3) is 0 Å². The van der Waals surface area contributed by atoms with E-state index in [1.165, 1.54) is 0 Å². The molecular weight excluding hydrogens is 626 g/mol. The maximum Gasteiger partial charge on any atom is 0.335 e. The number of ether oxygens (including phenoxy) is 2. The molecule has 0 spiro atoms. The summed E-state index contributed by atoms with van der Waals surface area (Å²) in [4.78, 5) is 24.2. The molecule has 2 fully saturated rings. The Bertz CT molecular complexity index is 829. The zero-order chi connectivity index (χ0) is 22.5. The number of hydrogen-bond donors (Lipinski definition) is 2. The number of halogens is 2.